The molecule has 0 saturated carbocycles. The number of hydrogen-bond acceptors (Lipinski definition) is 3. The van der Waals surface area contributed by atoms with Gasteiger partial charge >= 0.3 is 0 Å². The van der Waals surface area contributed by atoms with E-state index in [0.717, 1.165) is 5.56 Å². The fourth-order valence-electron chi connectivity index (χ4n) is 1.01. The fourth-order valence-corrected chi connectivity index (χ4v) is 1.01. The van der Waals surface area contributed by atoms with Gasteiger partial charge in [-0.15, -0.1) is 0 Å². The molecule has 1 rings (SSSR count). The molecule has 0 aromatic heterocycles. The van der Waals surface area contributed by atoms with Crippen LogP contribution in [0.1, 0.15) is 26.3 Å². The van der Waals surface area contributed by atoms with Crippen LogP contribution in [0.4, 0.5) is 0 Å². The zero-order valence-electron chi connectivity index (χ0n) is 9.28. The molecule has 0 radical (unpaired) electrons. The van der Waals surface area contributed by atoms with E-state index in [2.05, 4.69) is 0 Å². The molecular weight excluding hydrogens is 192 g/mol. The fraction of sp³-hybridized carbons (Fsp3) is 0.417. The molecule has 0 bridgehead atoms. The summed E-state index contributed by atoms with van der Waals surface area (Å²) in [5.74, 6) is 0.194. The second kappa shape index (κ2) is 4.45. The summed E-state index contributed by atoms with van der Waals surface area (Å²) in [6.45, 7) is 5.29. The molecule has 0 aliphatic rings. The van der Waals surface area contributed by atoms with Gasteiger partial charge in [0, 0.05) is 0 Å². The molecule has 0 aliphatic heterocycles. The molecule has 82 valence electrons. The van der Waals surface area contributed by atoms with Crippen molar-refractivity contribution in [3.8, 4) is 5.75 Å². The molecule has 0 saturated heterocycles. The van der Waals surface area contributed by atoms with Crippen molar-refractivity contribution >= 4 is 5.78 Å². The van der Waals surface area contributed by atoms with Crippen LogP contribution in [0.3, 0.4) is 0 Å². The lowest BCUT2D eigenvalue weighted by Crippen LogP contribution is -2.32. The summed E-state index contributed by atoms with van der Waals surface area (Å²) in [6.07, 6.45) is 0. The normalized spacial score (nSPS) is 11.4. The van der Waals surface area contributed by atoms with E-state index in [1.165, 1.54) is 6.92 Å². The number of aromatic hydroxyl groups is 1. The topological polar surface area (TPSA) is 46.5 Å². The molecule has 0 amide bonds. The van der Waals surface area contributed by atoms with Gasteiger partial charge in [-0.05, 0) is 38.5 Å². The highest BCUT2D eigenvalue weighted by atomic mass is 16.5. The highest BCUT2D eigenvalue weighted by Gasteiger charge is 2.23. The quantitative estimate of drug-likeness (QED) is 0.825. The minimum atomic E-state index is -0.772. The Hall–Kier alpha value is -1.35. The van der Waals surface area contributed by atoms with Crippen molar-refractivity contribution in [2.24, 2.45) is 0 Å². The largest absolute Gasteiger partial charge is 0.508 e. The first-order chi connectivity index (χ1) is 6.92. The van der Waals surface area contributed by atoms with Crippen molar-refractivity contribution in [1.82, 2.24) is 0 Å². The Morgan fingerprint density at radius 1 is 1.47 bits per heavy atom. The van der Waals surface area contributed by atoms with Crippen molar-refractivity contribution in [3.63, 3.8) is 0 Å². The van der Waals surface area contributed by atoms with Crippen molar-refractivity contribution in [3.05, 3.63) is 29.8 Å². The first-order valence-electron chi connectivity index (χ1n) is 4.85. The third kappa shape index (κ3) is 3.36. The number of phenolic OH excluding ortho intramolecular Hbond substituents is 1. The van der Waals surface area contributed by atoms with Gasteiger partial charge < -0.3 is 9.84 Å². The Morgan fingerprint density at radius 3 is 2.67 bits per heavy atom. The summed E-state index contributed by atoms with van der Waals surface area (Å²) in [4.78, 5) is 11.2. The first kappa shape index (κ1) is 11.7. The molecule has 0 atom stereocenters. The lowest BCUT2D eigenvalue weighted by atomic mass is 10.1. The predicted molar refractivity (Wildman–Crippen MR) is 57.7 cm³/mol. The van der Waals surface area contributed by atoms with Crippen molar-refractivity contribution in [1.29, 1.82) is 0 Å². The zero-order valence-corrected chi connectivity index (χ0v) is 9.28. The third-order valence-corrected chi connectivity index (χ3v) is 2.36. The maximum atomic E-state index is 11.2. The van der Waals surface area contributed by atoms with E-state index in [4.69, 9.17) is 4.74 Å². The summed E-state index contributed by atoms with van der Waals surface area (Å²) in [5.41, 5.74) is 0.0789. The average molecular weight is 208 g/mol. The minimum Gasteiger partial charge on any atom is -0.508 e. The smallest absolute Gasteiger partial charge is 0.160 e. The monoisotopic (exact) mass is 208 g/mol. The number of ether oxygens (including phenoxy) is 1. The van der Waals surface area contributed by atoms with Gasteiger partial charge in [0.25, 0.3) is 0 Å². The number of hydrogen-bond donors (Lipinski definition) is 1. The standard InChI is InChI=1S/C12H16O3/c1-9(13)12(2,3)15-8-10-5-4-6-11(14)7-10/h4-7,14H,8H2,1-3H3. The van der Waals surface area contributed by atoms with E-state index in [-0.39, 0.29) is 11.5 Å². The van der Waals surface area contributed by atoms with Crippen molar-refractivity contribution in [2.75, 3.05) is 0 Å². The van der Waals surface area contributed by atoms with Gasteiger partial charge in [-0.1, -0.05) is 12.1 Å². The molecule has 0 fully saturated rings. The van der Waals surface area contributed by atoms with Crippen LogP contribution in [0.5, 0.6) is 5.75 Å². The van der Waals surface area contributed by atoms with Crippen LogP contribution in [0.2, 0.25) is 0 Å². The van der Waals surface area contributed by atoms with E-state index in [0.29, 0.717) is 6.61 Å². The molecule has 0 aliphatic carbocycles. The van der Waals surface area contributed by atoms with Gasteiger partial charge in [-0.2, -0.15) is 0 Å². The number of ketones is 1. The Kier molecular flexibility index (Phi) is 3.48. The second-order valence-electron chi connectivity index (χ2n) is 4.03. The summed E-state index contributed by atoms with van der Waals surface area (Å²) < 4.78 is 5.47. The lowest BCUT2D eigenvalue weighted by Gasteiger charge is -2.21. The maximum absolute atomic E-state index is 11.2. The van der Waals surface area contributed by atoms with Gasteiger partial charge in [0.15, 0.2) is 5.78 Å². The number of phenols is 1. The second-order valence-corrected chi connectivity index (χ2v) is 4.03. The molecule has 3 heteroatoms. The van der Waals surface area contributed by atoms with Gasteiger partial charge in [-0.3, -0.25) is 4.79 Å². The van der Waals surface area contributed by atoms with Crippen LogP contribution in [-0.2, 0) is 16.1 Å². The molecule has 0 spiro atoms. The number of benzene rings is 1. The number of rotatable bonds is 4. The number of carbonyl (C=O) groups is 1. The summed E-state index contributed by atoms with van der Waals surface area (Å²) in [7, 11) is 0. The molecular formula is C12H16O3. The SMILES string of the molecule is CC(=O)C(C)(C)OCc1cccc(O)c1. The molecule has 1 aromatic rings. The highest BCUT2D eigenvalue weighted by molar-refractivity contribution is 5.83. The third-order valence-electron chi connectivity index (χ3n) is 2.36. The first-order valence-corrected chi connectivity index (χ1v) is 4.85. The van der Waals surface area contributed by atoms with E-state index in [1.807, 2.05) is 6.07 Å². The van der Waals surface area contributed by atoms with Crippen molar-refractivity contribution < 1.29 is 14.6 Å². The summed E-state index contributed by atoms with van der Waals surface area (Å²) in [6, 6.07) is 6.81. The van der Waals surface area contributed by atoms with E-state index in [1.54, 1.807) is 32.0 Å². The van der Waals surface area contributed by atoms with Gasteiger partial charge in [0.1, 0.15) is 11.4 Å². The van der Waals surface area contributed by atoms with E-state index >= 15 is 0 Å². The van der Waals surface area contributed by atoms with Crippen LogP contribution in [0.25, 0.3) is 0 Å². The summed E-state index contributed by atoms with van der Waals surface area (Å²) >= 11 is 0. The van der Waals surface area contributed by atoms with E-state index in [9.17, 15) is 9.90 Å². The lowest BCUT2D eigenvalue weighted by molar-refractivity contribution is -0.139. The van der Waals surface area contributed by atoms with Crippen LogP contribution >= 0.6 is 0 Å². The molecule has 1 aromatic carbocycles. The maximum Gasteiger partial charge on any atom is 0.160 e. The minimum absolute atomic E-state index is 0.0114. The van der Waals surface area contributed by atoms with E-state index < -0.39 is 5.60 Å². The average Bonchev–Trinajstić information content (AvgIpc) is 2.15. The Morgan fingerprint density at radius 2 is 2.13 bits per heavy atom. The zero-order chi connectivity index (χ0) is 11.5. The van der Waals surface area contributed by atoms with Crippen LogP contribution in [0, 0.1) is 0 Å². The van der Waals surface area contributed by atoms with Crippen LogP contribution in [-0.4, -0.2) is 16.5 Å². The molecule has 0 heterocycles. The molecule has 1 N–H and O–H groups in total. The highest BCUT2D eigenvalue weighted by Crippen LogP contribution is 2.16. The Balaban J connectivity index is 2.61. The van der Waals surface area contributed by atoms with Gasteiger partial charge in [0.05, 0.1) is 6.61 Å². The van der Waals surface area contributed by atoms with Crippen molar-refractivity contribution in [2.45, 2.75) is 33.0 Å². The van der Waals surface area contributed by atoms with Gasteiger partial charge in [0.2, 0.25) is 0 Å². The number of carbonyl (C=O) groups excluding carboxylic acids is 1. The number of Topliss-reactive ketones (excluding diaryl/α,β-unsaturated/α-hetero) is 1. The Bertz CT molecular complexity index is 356. The predicted octanol–water partition coefficient (Wildman–Crippen LogP) is 2.28. The van der Waals surface area contributed by atoms with Crippen LogP contribution < -0.4 is 0 Å². The molecule has 15 heavy (non-hydrogen) atoms. The molecule has 3 nitrogen and oxygen atoms in total. The van der Waals surface area contributed by atoms with Crippen LogP contribution in [0.15, 0.2) is 24.3 Å². The van der Waals surface area contributed by atoms with Gasteiger partial charge in [-0.25, -0.2) is 0 Å². The molecule has 0 unspecified atom stereocenters. The Labute approximate surface area is 89.7 Å². The summed E-state index contributed by atoms with van der Waals surface area (Å²) in [5, 5.41) is 9.23.